The number of fused-ring (bicyclic) bond motifs is 1. The zero-order valence-electron chi connectivity index (χ0n) is 8.99. The number of benzene rings is 1. The van der Waals surface area contributed by atoms with E-state index in [1.54, 1.807) is 11.3 Å². The van der Waals surface area contributed by atoms with Crippen molar-refractivity contribution in [3.8, 4) is 0 Å². The van der Waals surface area contributed by atoms with Crippen LogP contribution in [0.1, 0.15) is 31.2 Å². The lowest BCUT2D eigenvalue weighted by atomic mass is 10.2. The Bertz CT molecular complexity index is 448. The molecule has 2 aromatic rings. The standard InChI is InChI=1S/C12H16N2S/c1-2-3-4-5-12-14-10-7-6-9(13)8-11(10)15-12/h6-8H,2-5,13H2,1H3. The van der Waals surface area contributed by atoms with Gasteiger partial charge in [-0.3, -0.25) is 0 Å². The molecule has 0 fully saturated rings. The predicted octanol–water partition coefficient (Wildman–Crippen LogP) is 3.61. The van der Waals surface area contributed by atoms with Crippen molar-refractivity contribution in [1.29, 1.82) is 0 Å². The fourth-order valence-corrected chi connectivity index (χ4v) is 2.68. The van der Waals surface area contributed by atoms with Crippen molar-refractivity contribution in [1.82, 2.24) is 4.98 Å². The van der Waals surface area contributed by atoms with Crippen LogP contribution in [-0.4, -0.2) is 4.98 Å². The van der Waals surface area contributed by atoms with Gasteiger partial charge in [-0.05, 0) is 31.0 Å². The number of thiazole rings is 1. The first kappa shape index (κ1) is 10.4. The van der Waals surface area contributed by atoms with Crippen LogP contribution in [0.15, 0.2) is 18.2 Å². The number of rotatable bonds is 4. The van der Waals surface area contributed by atoms with Gasteiger partial charge in [0.25, 0.3) is 0 Å². The summed E-state index contributed by atoms with van der Waals surface area (Å²) in [6, 6.07) is 5.93. The first-order valence-electron chi connectivity index (χ1n) is 5.44. The Hall–Kier alpha value is -1.09. The van der Waals surface area contributed by atoms with Gasteiger partial charge in [0.15, 0.2) is 0 Å². The Labute approximate surface area is 94.1 Å². The Morgan fingerprint density at radius 1 is 1.33 bits per heavy atom. The normalized spacial score (nSPS) is 11.0. The maximum absolute atomic E-state index is 5.73. The zero-order chi connectivity index (χ0) is 10.7. The van der Waals surface area contributed by atoms with Crippen molar-refractivity contribution in [2.24, 2.45) is 0 Å². The van der Waals surface area contributed by atoms with E-state index in [1.807, 2.05) is 18.2 Å². The molecule has 0 amide bonds. The van der Waals surface area contributed by atoms with Gasteiger partial charge in [-0.15, -0.1) is 11.3 Å². The number of aromatic nitrogens is 1. The number of hydrogen-bond acceptors (Lipinski definition) is 3. The van der Waals surface area contributed by atoms with Gasteiger partial charge in [-0.1, -0.05) is 19.8 Å². The monoisotopic (exact) mass is 220 g/mol. The molecule has 2 nitrogen and oxygen atoms in total. The van der Waals surface area contributed by atoms with Crippen LogP contribution in [0, 0.1) is 0 Å². The van der Waals surface area contributed by atoms with Crippen molar-refractivity contribution < 1.29 is 0 Å². The molecule has 80 valence electrons. The molecule has 1 heterocycles. The summed E-state index contributed by atoms with van der Waals surface area (Å²) in [4.78, 5) is 4.59. The SMILES string of the molecule is CCCCCc1nc2ccc(N)cc2s1. The van der Waals surface area contributed by atoms with Crippen LogP contribution in [0.4, 0.5) is 5.69 Å². The van der Waals surface area contributed by atoms with E-state index in [0.29, 0.717) is 0 Å². The minimum absolute atomic E-state index is 0.825. The van der Waals surface area contributed by atoms with Crippen molar-refractivity contribution in [3.63, 3.8) is 0 Å². The molecule has 2 rings (SSSR count). The van der Waals surface area contributed by atoms with Crippen LogP contribution in [-0.2, 0) is 6.42 Å². The second-order valence-corrected chi connectivity index (χ2v) is 4.91. The fourth-order valence-electron chi connectivity index (χ4n) is 1.62. The fraction of sp³-hybridized carbons (Fsp3) is 0.417. The first-order chi connectivity index (χ1) is 7.29. The van der Waals surface area contributed by atoms with E-state index in [2.05, 4.69) is 11.9 Å². The molecular formula is C12H16N2S. The number of anilines is 1. The van der Waals surface area contributed by atoms with Crippen molar-refractivity contribution in [2.75, 3.05) is 5.73 Å². The number of nitrogens with zero attached hydrogens (tertiary/aromatic N) is 1. The van der Waals surface area contributed by atoms with E-state index < -0.39 is 0 Å². The molecule has 1 aromatic heterocycles. The van der Waals surface area contributed by atoms with Gasteiger partial charge < -0.3 is 5.73 Å². The van der Waals surface area contributed by atoms with E-state index in [9.17, 15) is 0 Å². The van der Waals surface area contributed by atoms with Gasteiger partial charge in [-0.25, -0.2) is 4.98 Å². The van der Waals surface area contributed by atoms with Crippen molar-refractivity contribution in [3.05, 3.63) is 23.2 Å². The molecule has 0 aliphatic rings. The molecule has 0 aliphatic carbocycles. The summed E-state index contributed by atoms with van der Waals surface area (Å²) in [5, 5.41) is 1.24. The number of nitrogen functional groups attached to an aromatic ring is 1. The van der Waals surface area contributed by atoms with Crippen LogP contribution >= 0.6 is 11.3 Å². The maximum atomic E-state index is 5.73. The molecule has 0 saturated carbocycles. The number of aryl methyl sites for hydroxylation is 1. The van der Waals surface area contributed by atoms with Crippen LogP contribution in [0.5, 0.6) is 0 Å². The Kier molecular flexibility index (Phi) is 3.21. The molecule has 0 spiro atoms. The van der Waals surface area contributed by atoms with Gasteiger partial charge in [0, 0.05) is 5.69 Å². The number of hydrogen-bond donors (Lipinski definition) is 1. The number of nitrogens with two attached hydrogens (primary N) is 1. The van der Waals surface area contributed by atoms with Crippen molar-refractivity contribution >= 4 is 27.2 Å². The van der Waals surface area contributed by atoms with Crippen LogP contribution in [0.2, 0.25) is 0 Å². The molecule has 2 N–H and O–H groups in total. The molecule has 0 unspecified atom stereocenters. The third-order valence-electron chi connectivity index (χ3n) is 2.45. The highest BCUT2D eigenvalue weighted by atomic mass is 32.1. The van der Waals surface area contributed by atoms with E-state index in [1.165, 1.54) is 29.0 Å². The smallest absolute Gasteiger partial charge is 0.0938 e. The highest BCUT2D eigenvalue weighted by Crippen LogP contribution is 2.25. The number of unbranched alkanes of at least 4 members (excludes halogenated alkanes) is 2. The summed E-state index contributed by atoms with van der Waals surface area (Å²) in [7, 11) is 0. The second-order valence-electron chi connectivity index (χ2n) is 3.79. The summed E-state index contributed by atoms with van der Waals surface area (Å²) in [5.41, 5.74) is 7.64. The highest BCUT2D eigenvalue weighted by Gasteiger charge is 2.03. The summed E-state index contributed by atoms with van der Waals surface area (Å²) in [5.74, 6) is 0. The van der Waals surface area contributed by atoms with E-state index in [-0.39, 0.29) is 0 Å². The third kappa shape index (κ3) is 2.48. The summed E-state index contributed by atoms with van der Waals surface area (Å²) >= 11 is 1.77. The molecule has 15 heavy (non-hydrogen) atoms. The lowest BCUT2D eigenvalue weighted by Crippen LogP contribution is -1.83. The predicted molar refractivity (Wildman–Crippen MR) is 67.3 cm³/mol. The molecule has 0 radical (unpaired) electrons. The summed E-state index contributed by atoms with van der Waals surface area (Å²) in [6.45, 7) is 2.22. The Morgan fingerprint density at radius 2 is 2.20 bits per heavy atom. The van der Waals surface area contributed by atoms with E-state index in [0.717, 1.165) is 17.6 Å². The summed E-state index contributed by atoms with van der Waals surface area (Å²) < 4.78 is 1.21. The topological polar surface area (TPSA) is 38.9 Å². The lowest BCUT2D eigenvalue weighted by Gasteiger charge is -1.92. The average Bonchev–Trinajstić information content (AvgIpc) is 2.60. The molecule has 0 aliphatic heterocycles. The van der Waals surface area contributed by atoms with Gasteiger partial charge in [-0.2, -0.15) is 0 Å². The zero-order valence-corrected chi connectivity index (χ0v) is 9.81. The average molecular weight is 220 g/mol. The maximum Gasteiger partial charge on any atom is 0.0938 e. The minimum Gasteiger partial charge on any atom is -0.399 e. The quantitative estimate of drug-likeness (QED) is 0.631. The lowest BCUT2D eigenvalue weighted by molar-refractivity contribution is 0.716. The molecule has 0 atom stereocenters. The van der Waals surface area contributed by atoms with Crippen molar-refractivity contribution in [2.45, 2.75) is 32.6 Å². The van der Waals surface area contributed by atoms with Gasteiger partial charge in [0.05, 0.1) is 15.2 Å². The minimum atomic E-state index is 0.825. The first-order valence-corrected chi connectivity index (χ1v) is 6.26. The Morgan fingerprint density at radius 3 is 3.00 bits per heavy atom. The molecule has 0 bridgehead atoms. The van der Waals surface area contributed by atoms with Gasteiger partial charge in [0.1, 0.15) is 0 Å². The highest BCUT2D eigenvalue weighted by molar-refractivity contribution is 7.18. The molecule has 0 saturated heterocycles. The van der Waals surface area contributed by atoms with E-state index >= 15 is 0 Å². The second kappa shape index (κ2) is 4.62. The van der Waals surface area contributed by atoms with Gasteiger partial charge >= 0.3 is 0 Å². The molecule has 3 heteroatoms. The van der Waals surface area contributed by atoms with Gasteiger partial charge in [0.2, 0.25) is 0 Å². The molecule has 1 aromatic carbocycles. The Balaban J connectivity index is 2.16. The molecular weight excluding hydrogens is 204 g/mol. The van der Waals surface area contributed by atoms with Crippen LogP contribution in [0.3, 0.4) is 0 Å². The summed E-state index contributed by atoms with van der Waals surface area (Å²) in [6.07, 6.45) is 4.90. The van der Waals surface area contributed by atoms with Crippen LogP contribution < -0.4 is 5.73 Å². The largest absolute Gasteiger partial charge is 0.399 e. The van der Waals surface area contributed by atoms with Crippen LogP contribution in [0.25, 0.3) is 10.2 Å². The third-order valence-corrected chi connectivity index (χ3v) is 3.53. The van der Waals surface area contributed by atoms with E-state index in [4.69, 9.17) is 5.73 Å².